The number of Topliss-reactive ketones (excluding diaryl/α,β-unsaturated/α-hetero) is 1. The van der Waals surface area contributed by atoms with Crippen molar-refractivity contribution >= 4 is 23.1 Å². The Kier molecular flexibility index (Phi) is 4.24. The molecule has 1 aliphatic rings. The molecule has 1 heterocycles. The summed E-state index contributed by atoms with van der Waals surface area (Å²) in [5.74, 6) is -0.0163. The molecule has 3 aromatic carbocycles. The SMILES string of the molecule is CC(=O)c1cccc(NC2c3ccccc3C(=O)N2c2ccccc2C)c1. The molecule has 1 amide bonds. The number of hydrogen-bond donors (Lipinski definition) is 1. The maximum absolute atomic E-state index is 13.2. The van der Waals surface area contributed by atoms with Crippen LogP contribution in [-0.4, -0.2) is 11.7 Å². The van der Waals surface area contributed by atoms with Crippen molar-refractivity contribution in [3.05, 3.63) is 95.1 Å². The number of anilines is 2. The van der Waals surface area contributed by atoms with Crippen LogP contribution in [0.15, 0.2) is 72.8 Å². The highest BCUT2D eigenvalue weighted by molar-refractivity contribution is 6.11. The van der Waals surface area contributed by atoms with Crippen molar-refractivity contribution in [3.8, 4) is 0 Å². The number of hydrogen-bond acceptors (Lipinski definition) is 3. The second kappa shape index (κ2) is 6.72. The van der Waals surface area contributed by atoms with Crippen molar-refractivity contribution < 1.29 is 9.59 Å². The first kappa shape index (κ1) is 17.0. The summed E-state index contributed by atoms with van der Waals surface area (Å²) in [5.41, 5.74) is 4.97. The van der Waals surface area contributed by atoms with Gasteiger partial charge in [-0.3, -0.25) is 14.5 Å². The molecule has 4 heteroatoms. The molecule has 0 saturated heterocycles. The van der Waals surface area contributed by atoms with E-state index in [1.807, 2.05) is 73.7 Å². The van der Waals surface area contributed by atoms with Crippen molar-refractivity contribution in [3.63, 3.8) is 0 Å². The maximum Gasteiger partial charge on any atom is 0.260 e. The smallest absolute Gasteiger partial charge is 0.260 e. The van der Waals surface area contributed by atoms with Gasteiger partial charge in [0, 0.05) is 28.1 Å². The number of carbonyl (C=O) groups excluding carboxylic acids is 2. The third kappa shape index (κ3) is 2.99. The molecule has 0 radical (unpaired) electrons. The lowest BCUT2D eigenvalue weighted by Gasteiger charge is -2.28. The average molecular weight is 356 g/mol. The Morgan fingerprint density at radius 3 is 2.48 bits per heavy atom. The van der Waals surface area contributed by atoms with Crippen LogP contribution in [0.4, 0.5) is 11.4 Å². The molecule has 27 heavy (non-hydrogen) atoms. The topological polar surface area (TPSA) is 49.4 Å². The number of carbonyl (C=O) groups is 2. The molecular formula is C23H20N2O2. The van der Waals surface area contributed by atoms with Gasteiger partial charge in [0.2, 0.25) is 0 Å². The van der Waals surface area contributed by atoms with Crippen LogP contribution in [-0.2, 0) is 0 Å². The highest BCUT2D eigenvalue weighted by atomic mass is 16.2. The van der Waals surface area contributed by atoms with Crippen molar-refractivity contribution in [1.29, 1.82) is 0 Å². The van der Waals surface area contributed by atoms with E-state index in [4.69, 9.17) is 0 Å². The fraction of sp³-hybridized carbons (Fsp3) is 0.130. The van der Waals surface area contributed by atoms with E-state index >= 15 is 0 Å². The standard InChI is InChI=1S/C23H20N2O2/c1-15-8-3-6-13-21(15)25-22(19-11-4-5-12-20(19)23(25)27)24-18-10-7-9-17(14-18)16(2)26/h3-14,22,24H,1-2H3. The third-order valence-electron chi connectivity index (χ3n) is 4.91. The monoisotopic (exact) mass is 356 g/mol. The van der Waals surface area contributed by atoms with Gasteiger partial charge >= 0.3 is 0 Å². The Bertz CT molecular complexity index is 1040. The summed E-state index contributed by atoms with van der Waals surface area (Å²) in [6.45, 7) is 3.55. The van der Waals surface area contributed by atoms with Crippen LogP contribution < -0.4 is 10.2 Å². The molecule has 1 N–H and O–H groups in total. The van der Waals surface area contributed by atoms with Crippen LogP contribution in [0, 0.1) is 6.92 Å². The third-order valence-corrected chi connectivity index (χ3v) is 4.91. The van der Waals surface area contributed by atoms with E-state index in [-0.39, 0.29) is 17.9 Å². The molecule has 0 spiro atoms. The van der Waals surface area contributed by atoms with E-state index < -0.39 is 0 Å². The predicted octanol–water partition coefficient (Wildman–Crippen LogP) is 4.97. The second-order valence-corrected chi connectivity index (χ2v) is 6.73. The fourth-order valence-electron chi connectivity index (χ4n) is 3.53. The van der Waals surface area contributed by atoms with Crippen LogP contribution in [0.2, 0.25) is 0 Å². The van der Waals surface area contributed by atoms with Crippen LogP contribution in [0.5, 0.6) is 0 Å². The summed E-state index contributed by atoms with van der Waals surface area (Å²) in [5, 5.41) is 3.45. The van der Waals surface area contributed by atoms with Crippen LogP contribution in [0.1, 0.15) is 44.9 Å². The molecule has 1 unspecified atom stereocenters. The number of amides is 1. The Morgan fingerprint density at radius 1 is 0.963 bits per heavy atom. The van der Waals surface area contributed by atoms with Gasteiger partial charge in [0.1, 0.15) is 6.17 Å². The van der Waals surface area contributed by atoms with E-state index in [1.165, 1.54) is 0 Å². The summed E-state index contributed by atoms with van der Waals surface area (Å²) in [7, 11) is 0. The molecule has 4 nitrogen and oxygen atoms in total. The summed E-state index contributed by atoms with van der Waals surface area (Å²) in [6.07, 6.45) is -0.336. The number of benzene rings is 3. The molecular weight excluding hydrogens is 336 g/mol. The van der Waals surface area contributed by atoms with Gasteiger partial charge < -0.3 is 5.32 Å². The maximum atomic E-state index is 13.2. The van der Waals surface area contributed by atoms with E-state index in [0.717, 1.165) is 22.5 Å². The molecule has 3 aromatic rings. The number of fused-ring (bicyclic) bond motifs is 1. The van der Waals surface area contributed by atoms with E-state index in [1.54, 1.807) is 17.9 Å². The first-order valence-corrected chi connectivity index (χ1v) is 8.92. The molecule has 0 saturated carbocycles. The Hall–Kier alpha value is -3.40. The van der Waals surface area contributed by atoms with Crippen LogP contribution in [0.25, 0.3) is 0 Å². The Morgan fingerprint density at radius 2 is 1.70 bits per heavy atom. The summed E-state index contributed by atoms with van der Waals surface area (Å²) in [4.78, 5) is 26.7. The van der Waals surface area contributed by atoms with Gasteiger partial charge in [0.15, 0.2) is 5.78 Å². The number of rotatable bonds is 4. The van der Waals surface area contributed by atoms with E-state index in [0.29, 0.717) is 11.1 Å². The first-order valence-electron chi connectivity index (χ1n) is 8.92. The zero-order chi connectivity index (χ0) is 19.0. The molecule has 1 aliphatic heterocycles. The highest BCUT2D eigenvalue weighted by Crippen LogP contribution is 2.39. The summed E-state index contributed by atoms with van der Waals surface area (Å²) >= 11 is 0. The van der Waals surface area contributed by atoms with Gasteiger partial charge in [-0.1, -0.05) is 48.5 Å². The Labute approximate surface area is 158 Å². The highest BCUT2D eigenvalue weighted by Gasteiger charge is 2.38. The second-order valence-electron chi connectivity index (χ2n) is 6.73. The van der Waals surface area contributed by atoms with Crippen LogP contribution in [0.3, 0.4) is 0 Å². The lowest BCUT2D eigenvalue weighted by Crippen LogP contribution is -2.32. The molecule has 4 rings (SSSR count). The minimum atomic E-state index is -0.336. The summed E-state index contributed by atoms with van der Waals surface area (Å²) in [6, 6.07) is 22.9. The lowest BCUT2D eigenvalue weighted by atomic mass is 10.1. The minimum absolute atomic E-state index is 0.0114. The van der Waals surface area contributed by atoms with Crippen molar-refractivity contribution in [1.82, 2.24) is 0 Å². The molecule has 0 aromatic heterocycles. The molecule has 0 fully saturated rings. The lowest BCUT2D eigenvalue weighted by molar-refractivity contribution is 0.0989. The van der Waals surface area contributed by atoms with Gasteiger partial charge in [-0.2, -0.15) is 0 Å². The number of para-hydroxylation sites is 1. The zero-order valence-electron chi connectivity index (χ0n) is 15.3. The van der Waals surface area contributed by atoms with Gasteiger partial charge in [0.05, 0.1) is 0 Å². The Balaban J connectivity index is 1.80. The van der Waals surface area contributed by atoms with Gasteiger partial charge in [-0.05, 0) is 43.7 Å². The van der Waals surface area contributed by atoms with Crippen LogP contribution >= 0.6 is 0 Å². The van der Waals surface area contributed by atoms with E-state index in [9.17, 15) is 9.59 Å². The largest absolute Gasteiger partial charge is 0.361 e. The fourth-order valence-corrected chi connectivity index (χ4v) is 3.53. The number of nitrogens with zero attached hydrogens (tertiary/aromatic N) is 1. The molecule has 134 valence electrons. The number of nitrogens with one attached hydrogen (secondary N) is 1. The van der Waals surface area contributed by atoms with Crippen molar-refractivity contribution in [2.24, 2.45) is 0 Å². The van der Waals surface area contributed by atoms with E-state index in [2.05, 4.69) is 5.32 Å². The van der Waals surface area contributed by atoms with Gasteiger partial charge in [-0.15, -0.1) is 0 Å². The predicted molar refractivity (Wildman–Crippen MR) is 107 cm³/mol. The normalized spacial score (nSPS) is 15.6. The molecule has 0 aliphatic carbocycles. The van der Waals surface area contributed by atoms with Gasteiger partial charge in [0.25, 0.3) is 5.91 Å². The average Bonchev–Trinajstić information content (AvgIpc) is 2.95. The molecule has 0 bridgehead atoms. The first-order chi connectivity index (χ1) is 13.1. The van der Waals surface area contributed by atoms with Crippen molar-refractivity contribution in [2.45, 2.75) is 20.0 Å². The zero-order valence-corrected chi connectivity index (χ0v) is 15.3. The molecule has 1 atom stereocenters. The quantitative estimate of drug-likeness (QED) is 0.672. The number of aryl methyl sites for hydroxylation is 1. The minimum Gasteiger partial charge on any atom is -0.361 e. The van der Waals surface area contributed by atoms with Gasteiger partial charge in [-0.25, -0.2) is 0 Å². The number of ketones is 1. The summed E-state index contributed by atoms with van der Waals surface area (Å²) < 4.78 is 0. The van der Waals surface area contributed by atoms with Crippen molar-refractivity contribution in [2.75, 3.05) is 10.2 Å².